The second kappa shape index (κ2) is 5.90. The van der Waals surface area contributed by atoms with Crippen molar-refractivity contribution < 1.29 is 4.79 Å². The number of aromatic nitrogens is 4. The maximum Gasteiger partial charge on any atom is 0.274 e. The van der Waals surface area contributed by atoms with E-state index in [2.05, 4.69) is 34.4 Å². The predicted molar refractivity (Wildman–Crippen MR) is 92.9 cm³/mol. The number of carbonyl (C=O) groups excluding carboxylic acids is 1. The monoisotopic (exact) mass is 341 g/mol. The Labute approximate surface area is 144 Å². The molecule has 6 nitrogen and oxygen atoms in total. The summed E-state index contributed by atoms with van der Waals surface area (Å²) < 4.78 is 1.78. The van der Waals surface area contributed by atoms with Crippen LogP contribution in [0.2, 0.25) is 0 Å². The van der Waals surface area contributed by atoms with Crippen LogP contribution in [0.3, 0.4) is 0 Å². The van der Waals surface area contributed by atoms with Crippen LogP contribution in [0.15, 0.2) is 30.6 Å². The van der Waals surface area contributed by atoms with Gasteiger partial charge >= 0.3 is 0 Å². The lowest BCUT2D eigenvalue weighted by atomic mass is 10.1. The Hall–Kier alpha value is -2.41. The van der Waals surface area contributed by atoms with Gasteiger partial charge in [-0.05, 0) is 38.0 Å². The fourth-order valence-electron chi connectivity index (χ4n) is 3.25. The van der Waals surface area contributed by atoms with Gasteiger partial charge in [0.05, 0.1) is 22.8 Å². The molecule has 0 aliphatic carbocycles. The van der Waals surface area contributed by atoms with Crippen LogP contribution in [0, 0.1) is 6.92 Å². The maximum atomic E-state index is 12.9. The second-order valence-corrected chi connectivity index (χ2v) is 7.47. The molecule has 1 saturated heterocycles. The average Bonchev–Trinajstić information content (AvgIpc) is 3.33. The molecule has 0 unspecified atom stereocenters. The summed E-state index contributed by atoms with van der Waals surface area (Å²) in [6, 6.07) is 6.07. The molecule has 1 atom stereocenters. The quantitative estimate of drug-likeness (QED) is 0.796. The number of nitrogens with one attached hydrogen (secondary N) is 1. The lowest BCUT2D eigenvalue weighted by Crippen LogP contribution is -2.30. The van der Waals surface area contributed by atoms with E-state index in [1.165, 1.54) is 4.88 Å². The van der Waals surface area contributed by atoms with Crippen molar-refractivity contribution in [2.75, 3.05) is 6.54 Å². The van der Waals surface area contributed by atoms with Gasteiger partial charge in [0.25, 0.3) is 5.91 Å². The first kappa shape index (κ1) is 15.1. The molecular formula is C17H19N5OS. The first-order valence-corrected chi connectivity index (χ1v) is 8.85. The normalized spacial score (nSPS) is 17.6. The summed E-state index contributed by atoms with van der Waals surface area (Å²) in [4.78, 5) is 17.2. The van der Waals surface area contributed by atoms with Gasteiger partial charge in [-0.25, -0.2) is 0 Å². The summed E-state index contributed by atoms with van der Waals surface area (Å²) in [6.45, 7) is 2.83. The first-order chi connectivity index (χ1) is 11.6. The van der Waals surface area contributed by atoms with Crippen molar-refractivity contribution in [1.29, 1.82) is 0 Å². The molecule has 24 heavy (non-hydrogen) atoms. The number of aromatic amines is 1. The van der Waals surface area contributed by atoms with Crippen molar-refractivity contribution in [1.82, 2.24) is 24.9 Å². The molecule has 4 heterocycles. The van der Waals surface area contributed by atoms with E-state index >= 15 is 0 Å². The Morgan fingerprint density at radius 3 is 3.00 bits per heavy atom. The first-order valence-electron chi connectivity index (χ1n) is 8.03. The Balaban J connectivity index is 1.58. The number of nitrogens with zero attached hydrogens (tertiary/aromatic N) is 4. The molecule has 1 N–H and O–H groups in total. The van der Waals surface area contributed by atoms with Crippen molar-refractivity contribution in [3.05, 3.63) is 46.7 Å². The molecule has 124 valence electrons. The van der Waals surface area contributed by atoms with Gasteiger partial charge in [0, 0.05) is 30.2 Å². The Kier molecular flexibility index (Phi) is 3.72. The summed E-state index contributed by atoms with van der Waals surface area (Å²) >= 11 is 1.69. The number of amides is 1. The van der Waals surface area contributed by atoms with E-state index in [1.807, 2.05) is 30.4 Å². The molecule has 1 aliphatic rings. The molecule has 0 bridgehead atoms. The van der Waals surface area contributed by atoms with Gasteiger partial charge in [0.2, 0.25) is 0 Å². The minimum Gasteiger partial charge on any atom is -0.330 e. The van der Waals surface area contributed by atoms with E-state index in [0.29, 0.717) is 5.69 Å². The van der Waals surface area contributed by atoms with Gasteiger partial charge in [0.15, 0.2) is 5.69 Å². The topological polar surface area (TPSA) is 66.8 Å². The molecule has 0 spiro atoms. The van der Waals surface area contributed by atoms with Crippen LogP contribution < -0.4 is 0 Å². The smallest absolute Gasteiger partial charge is 0.274 e. The molecule has 7 heteroatoms. The van der Waals surface area contributed by atoms with Crippen LogP contribution in [0.4, 0.5) is 0 Å². The van der Waals surface area contributed by atoms with Gasteiger partial charge in [-0.3, -0.25) is 14.6 Å². The van der Waals surface area contributed by atoms with Gasteiger partial charge in [0.1, 0.15) is 0 Å². The van der Waals surface area contributed by atoms with Crippen molar-refractivity contribution in [2.45, 2.75) is 25.8 Å². The fourth-order valence-corrected chi connectivity index (χ4v) is 4.09. The summed E-state index contributed by atoms with van der Waals surface area (Å²) in [6.07, 6.45) is 5.81. The van der Waals surface area contributed by atoms with E-state index in [-0.39, 0.29) is 11.9 Å². The van der Waals surface area contributed by atoms with Gasteiger partial charge < -0.3 is 4.90 Å². The van der Waals surface area contributed by atoms with E-state index in [4.69, 9.17) is 0 Å². The van der Waals surface area contributed by atoms with E-state index in [1.54, 1.807) is 16.0 Å². The number of carbonyl (C=O) groups is 1. The molecular weight excluding hydrogens is 322 g/mol. The number of likely N-dealkylation sites (tertiary alicyclic amines) is 1. The average molecular weight is 341 g/mol. The molecule has 0 radical (unpaired) electrons. The summed E-state index contributed by atoms with van der Waals surface area (Å²) in [5, 5.41) is 11.5. The molecule has 3 aromatic heterocycles. The molecule has 1 aliphatic heterocycles. The molecule has 4 rings (SSSR count). The van der Waals surface area contributed by atoms with E-state index in [0.717, 1.165) is 35.5 Å². The molecule has 0 aromatic carbocycles. The Bertz CT molecular complexity index is 877. The van der Waals surface area contributed by atoms with Crippen LogP contribution >= 0.6 is 11.3 Å². The second-order valence-electron chi connectivity index (χ2n) is 6.18. The number of H-pyrrole nitrogens is 1. The zero-order valence-corrected chi connectivity index (χ0v) is 14.5. The van der Waals surface area contributed by atoms with Crippen molar-refractivity contribution in [3.8, 4) is 10.6 Å². The van der Waals surface area contributed by atoms with Gasteiger partial charge in [-0.1, -0.05) is 0 Å². The highest BCUT2D eigenvalue weighted by atomic mass is 32.1. The number of hydrogen-bond acceptors (Lipinski definition) is 4. The Morgan fingerprint density at radius 1 is 1.42 bits per heavy atom. The number of hydrogen-bond donors (Lipinski definition) is 1. The highest BCUT2D eigenvalue weighted by molar-refractivity contribution is 7.15. The lowest BCUT2D eigenvalue weighted by molar-refractivity contribution is 0.0729. The zero-order chi connectivity index (χ0) is 16.7. The number of aryl methyl sites for hydroxylation is 2. The van der Waals surface area contributed by atoms with E-state index in [9.17, 15) is 4.79 Å². The van der Waals surface area contributed by atoms with Gasteiger partial charge in [-0.15, -0.1) is 11.3 Å². The van der Waals surface area contributed by atoms with Crippen molar-refractivity contribution in [2.24, 2.45) is 7.05 Å². The number of thiophene rings is 1. The molecule has 3 aromatic rings. The third-order valence-electron chi connectivity index (χ3n) is 4.43. The third kappa shape index (κ3) is 2.65. The lowest BCUT2D eigenvalue weighted by Gasteiger charge is -2.22. The standard InChI is InChI=1S/C17H19N5OS/c1-11-5-6-16(24-11)13-8-14(20-19-13)17(23)22-7-3-4-15(22)12-9-18-21(2)10-12/h5-6,8-10,15H,3-4,7H2,1-2H3,(H,19,20)/t15-/m0/s1. The van der Waals surface area contributed by atoms with Gasteiger partial charge in [-0.2, -0.15) is 10.2 Å². The van der Waals surface area contributed by atoms with Crippen molar-refractivity contribution in [3.63, 3.8) is 0 Å². The van der Waals surface area contributed by atoms with Crippen LogP contribution in [-0.2, 0) is 7.05 Å². The van der Waals surface area contributed by atoms with E-state index < -0.39 is 0 Å². The maximum absolute atomic E-state index is 12.9. The minimum atomic E-state index is -0.0165. The molecule has 0 saturated carbocycles. The minimum absolute atomic E-state index is 0.0165. The molecule has 1 amide bonds. The summed E-state index contributed by atoms with van der Waals surface area (Å²) in [7, 11) is 1.90. The summed E-state index contributed by atoms with van der Waals surface area (Å²) in [5.41, 5.74) is 2.47. The van der Waals surface area contributed by atoms with Crippen LogP contribution in [-0.4, -0.2) is 37.3 Å². The predicted octanol–water partition coefficient (Wildman–Crippen LogP) is 3.16. The Morgan fingerprint density at radius 2 is 2.29 bits per heavy atom. The van der Waals surface area contributed by atoms with Crippen LogP contribution in [0.1, 0.15) is 39.8 Å². The largest absolute Gasteiger partial charge is 0.330 e. The molecule has 1 fully saturated rings. The highest BCUT2D eigenvalue weighted by Crippen LogP contribution is 2.33. The van der Waals surface area contributed by atoms with Crippen LogP contribution in [0.25, 0.3) is 10.6 Å². The highest BCUT2D eigenvalue weighted by Gasteiger charge is 2.32. The SMILES string of the molecule is Cc1ccc(-c2cc(C(=O)N3CCC[C@H]3c3cnn(C)c3)n[nH]2)s1. The van der Waals surface area contributed by atoms with Crippen LogP contribution in [0.5, 0.6) is 0 Å². The summed E-state index contributed by atoms with van der Waals surface area (Å²) in [5.74, 6) is -0.0165. The third-order valence-corrected chi connectivity index (χ3v) is 5.46. The van der Waals surface area contributed by atoms with Crippen molar-refractivity contribution >= 4 is 17.2 Å². The fraction of sp³-hybridized carbons (Fsp3) is 0.353. The zero-order valence-electron chi connectivity index (χ0n) is 13.7. The number of rotatable bonds is 3.